The quantitative estimate of drug-likeness (QED) is 0.360. The van der Waals surface area contributed by atoms with Crippen LogP contribution >= 0.6 is 11.6 Å². The summed E-state index contributed by atoms with van der Waals surface area (Å²) in [7, 11) is 0. The SMILES string of the molecule is CCNC(=NCc1ccc(CN(CC)CC)cc1)NCCc1ccc(Cl)nc1. The number of guanidine groups is 1. The van der Waals surface area contributed by atoms with Gasteiger partial charge in [0.15, 0.2) is 5.96 Å². The average Bonchev–Trinajstić information content (AvgIpc) is 2.72. The maximum absolute atomic E-state index is 5.83. The Morgan fingerprint density at radius 3 is 2.25 bits per heavy atom. The zero-order chi connectivity index (χ0) is 20.2. The van der Waals surface area contributed by atoms with Gasteiger partial charge in [-0.3, -0.25) is 4.90 Å². The van der Waals surface area contributed by atoms with Gasteiger partial charge in [-0.15, -0.1) is 0 Å². The number of halogens is 1. The van der Waals surface area contributed by atoms with Crippen molar-refractivity contribution in [2.24, 2.45) is 4.99 Å². The molecule has 0 spiro atoms. The van der Waals surface area contributed by atoms with Gasteiger partial charge in [-0.25, -0.2) is 9.98 Å². The summed E-state index contributed by atoms with van der Waals surface area (Å²) in [6.45, 7) is 11.9. The minimum absolute atomic E-state index is 0.523. The lowest BCUT2D eigenvalue weighted by Gasteiger charge is -2.18. The van der Waals surface area contributed by atoms with E-state index in [4.69, 9.17) is 16.6 Å². The second-order valence-corrected chi connectivity index (χ2v) is 7.03. The predicted molar refractivity (Wildman–Crippen MR) is 119 cm³/mol. The predicted octanol–water partition coefficient (Wildman–Crippen LogP) is 3.87. The van der Waals surface area contributed by atoms with Crippen molar-refractivity contribution in [1.82, 2.24) is 20.5 Å². The Hall–Kier alpha value is -2.11. The van der Waals surface area contributed by atoms with Gasteiger partial charge in [-0.2, -0.15) is 0 Å². The van der Waals surface area contributed by atoms with Gasteiger partial charge in [0.25, 0.3) is 0 Å². The summed E-state index contributed by atoms with van der Waals surface area (Å²) < 4.78 is 0. The van der Waals surface area contributed by atoms with Crippen molar-refractivity contribution in [2.75, 3.05) is 26.2 Å². The molecule has 5 nitrogen and oxygen atoms in total. The zero-order valence-electron chi connectivity index (χ0n) is 17.2. The van der Waals surface area contributed by atoms with Gasteiger partial charge in [0.1, 0.15) is 5.15 Å². The molecule has 0 radical (unpaired) electrons. The number of hydrogen-bond donors (Lipinski definition) is 2. The van der Waals surface area contributed by atoms with Crippen LogP contribution in [-0.4, -0.2) is 42.0 Å². The molecule has 6 heteroatoms. The summed E-state index contributed by atoms with van der Waals surface area (Å²) in [5, 5.41) is 7.20. The number of hydrogen-bond acceptors (Lipinski definition) is 3. The number of aromatic nitrogens is 1. The second-order valence-electron chi connectivity index (χ2n) is 6.64. The van der Waals surface area contributed by atoms with E-state index >= 15 is 0 Å². The lowest BCUT2D eigenvalue weighted by atomic mass is 10.1. The molecule has 0 atom stereocenters. The van der Waals surface area contributed by atoms with Gasteiger partial charge in [0.2, 0.25) is 0 Å². The van der Waals surface area contributed by atoms with Gasteiger partial charge in [-0.05, 0) is 49.2 Å². The van der Waals surface area contributed by atoms with E-state index < -0.39 is 0 Å². The van der Waals surface area contributed by atoms with Crippen LogP contribution in [0.25, 0.3) is 0 Å². The molecule has 2 aromatic rings. The molecule has 28 heavy (non-hydrogen) atoms. The van der Waals surface area contributed by atoms with Crippen LogP contribution in [0.4, 0.5) is 0 Å². The van der Waals surface area contributed by atoms with E-state index in [0.717, 1.165) is 50.7 Å². The van der Waals surface area contributed by atoms with Crippen LogP contribution in [0.2, 0.25) is 5.15 Å². The molecule has 0 aliphatic carbocycles. The molecule has 1 aromatic carbocycles. The maximum Gasteiger partial charge on any atom is 0.191 e. The van der Waals surface area contributed by atoms with E-state index in [0.29, 0.717) is 11.7 Å². The highest BCUT2D eigenvalue weighted by atomic mass is 35.5. The van der Waals surface area contributed by atoms with Gasteiger partial charge in [-0.1, -0.05) is 55.8 Å². The second kappa shape index (κ2) is 12.4. The Morgan fingerprint density at radius 1 is 0.964 bits per heavy atom. The van der Waals surface area contributed by atoms with Gasteiger partial charge in [0.05, 0.1) is 6.54 Å². The van der Waals surface area contributed by atoms with Crippen molar-refractivity contribution in [3.8, 4) is 0 Å². The number of nitrogens with zero attached hydrogens (tertiary/aromatic N) is 3. The van der Waals surface area contributed by atoms with Crippen molar-refractivity contribution in [3.63, 3.8) is 0 Å². The lowest BCUT2D eigenvalue weighted by Crippen LogP contribution is -2.38. The molecule has 0 saturated heterocycles. The van der Waals surface area contributed by atoms with Crippen LogP contribution in [0, 0.1) is 0 Å². The first-order chi connectivity index (χ1) is 13.6. The molecule has 0 amide bonds. The summed E-state index contributed by atoms with van der Waals surface area (Å²) in [5.74, 6) is 0.830. The summed E-state index contributed by atoms with van der Waals surface area (Å²) in [4.78, 5) is 11.2. The lowest BCUT2D eigenvalue weighted by molar-refractivity contribution is 0.296. The first-order valence-electron chi connectivity index (χ1n) is 10.1. The third-order valence-electron chi connectivity index (χ3n) is 4.58. The van der Waals surface area contributed by atoms with Crippen molar-refractivity contribution < 1.29 is 0 Å². The molecule has 0 unspecified atom stereocenters. The molecule has 0 fully saturated rings. The molecule has 0 aliphatic heterocycles. The molecule has 2 N–H and O–H groups in total. The Bertz CT molecular complexity index is 709. The Balaban J connectivity index is 1.86. The molecule has 2 rings (SSSR count). The smallest absolute Gasteiger partial charge is 0.191 e. The van der Waals surface area contributed by atoms with Crippen molar-refractivity contribution in [1.29, 1.82) is 0 Å². The highest BCUT2D eigenvalue weighted by Gasteiger charge is 2.02. The summed E-state index contributed by atoms with van der Waals surface area (Å²) >= 11 is 5.83. The number of rotatable bonds is 10. The molecule has 0 saturated carbocycles. The van der Waals surface area contributed by atoms with E-state index in [-0.39, 0.29) is 0 Å². The van der Waals surface area contributed by atoms with Crippen LogP contribution in [0.5, 0.6) is 0 Å². The standard InChI is InChI=1S/C22H32ClN5/c1-4-24-22(25-14-13-19-11-12-21(23)26-15-19)27-16-18-7-9-20(10-8-18)17-28(5-2)6-3/h7-12,15H,4-6,13-14,16-17H2,1-3H3,(H2,24,25,27). The average molecular weight is 402 g/mol. The van der Waals surface area contributed by atoms with Crippen molar-refractivity contribution in [2.45, 2.75) is 40.3 Å². The molecule has 152 valence electrons. The number of benzene rings is 1. The number of nitrogens with one attached hydrogen (secondary N) is 2. The van der Waals surface area contributed by atoms with Gasteiger partial charge in [0, 0.05) is 25.8 Å². The Morgan fingerprint density at radius 2 is 1.64 bits per heavy atom. The van der Waals surface area contributed by atoms with E-state index in [1.54, 1.807) is 0 Å². The Kier molecular flexibility index (Phi) is 9.80. The van der Waals surface area contributed by atoms with Crippen LogP contribution < -0.4 is 10.6 Å². The molecule has 0 bridgehead atoms. The van der Waals surface area contributed by atoms with Crippen LogP contribution in [-0.2, 0) is 19.5 Å². The summed E-state index contributed by atoms with van der Waals surface area (Å²) in [6, 6.07) is 12.6. The van der Waals surface area contributed by atoms with Crippen LogP contribution in [0.3, 0.4) is 0 Å². The first kappa shape index (κ1) is 22.2. The minimum Gasteiger partial charge on any atom is -0.357 e. The highest BCUT2D eigenvalue weighted by Crippen LogP contribution is 2.09. The maximum atomic E-state index is 5.83. The van der Waals surface area contributed by atoms with E-state index in [9.17, 15) is 0 Å². The largest absolute Gasteiger partial charge is 0.357 e. The normalized spacial score (nSPS) is 11.7. The Labute approximate surface area is 174 Å². The molecular weight excluding hydrogens is 370 g/mol. The fourth-order valence-corrected chi connectivity index (χ4v) is 2.96. The van der Waals surface area contributed by atoms with Crippen molar-refractivity contribution >= 4 is 17.6 Å². The highest BCUT2D eigenvalue weighted by molar-refractivity contribution is 6.29. The van der Waals surface area contributed by atoms with Crippen LogP contribution in [0.1, 0.15) is 37.5 Å². The molecule has 1 heterocycles. The fraction of sp³-hybridized carbons (Fsp3) is 0.455. The fourth-order valence-electron chi connectivity index (χ4n) is 2.85. The minimum atomic E-state index is 0.523. The van der Waals surface area contributed by atoms with Gasteiger partial charge >= 0.3 is 0 Å². The van der Waals surface area contributed by atoms with E-state index in [2.05, 4.69) is 65.6 Å². The molecular formula is C22H32ClN5. The molecule has 1 aromatic heterocycles. The van der Waals surface area contributed by atoms with Gasteiger partial charge < -0.3 is 10.6 Å². The van der Waals surface area contributed by atoms with Crippen LogP contribution in [0.15, 0.2) is 47.6 Å². The summed E-state index contributed by atoms with van der Waals surface area (Å²) in [6.07, 6.45) is 2.68. The first-order valence-corrected chi connectivity index (χ1v) is 10.4. The monoisotopic (exact) mass is 401 g/mol. The third-order valence-corrected chi connectivity index (χ3v) is 4.81. The number of pyridine rings is 1. The number of aliphatic imine (C=N–C) groups is 1. The third kappa shape index (κ3) is 7.87. The summed E-state index contributed by atoms with van der Waals surface area (Å²) in [5.41, 5.74) is 3.71. The molecule has 0 aliphatic rings. The van der Waals surface area contributed by atoms with E-state index in [1.807, 2.05) is 18.3 Å². The zero-order valence-corrected chi connectivity index (χ0v) is 18.0. The van der Waals surface area contributed by atoms with Crippen molar-refractivity contribution in [3.05, 3.63) is 64.4 Å². The topological polar surface area (TPSA) is 52.6 Å². The van der Waals surface area contributed by atoms with E-state index in [1.165, 1.54) is 11.1 Å².